The fourth-order valence-corrected chi connectivity index (χ4v) is 0.385. The van der Waals surface area contributed by atoms with Gasteiger partial charge in [-0.1, -0.05) is 36.4 Å². The van der Waals surface area contributed by atoms with Crippen LogP contribution in [0.3, 0.4) is 0 Å². The first-order valence-corrected chi connectivity index (χ1v) is 4.24. The molecule has 0 atom stereocenters. The van der Waals surface area contributed by atoms with Crippen LogP contribution in [0.4, 0.5) is 0 Å². The zero-order valence-corrected chi connectivity index (χ0v) is 8.64. The maximum absolute atomic E-state index is 8.06. The van der Waals surface area contributed by atoms with Gasteiger partial charge in [0.2, 0.25) is 0 Å². The molecule has 0 saturated carbocycles. The van der Waals surface area contributed by atoms with Crippen molar-refractivity contribution in [2.45, 2.75) is 20.0 Å². The molecule has 0 radical (unpaired) electrons. The van der Waals surface area contributed by atoms with E-state index in [4.69, 9.17) is 10.5 Å². The van der Waals surface area contributed by atoms with E-state index in [1.165, 1.54) is 0 Å². The molecule has 80 valence electrons. The topological polar surface area (TPSA) is 96.1 Å². The standard InChI is InChI=1S/C6H6.C3H8O.CH5N3/c1-2-4-6-5-3-1;1-3(2)4;2-1(3)4/h1-6H;3-4H,1-2H3;(H5,2,3,4). The average Bonchev–Trinajstić information content (AvgIpc) is 2.05. The van der Waals surface area contributed by atoms with Crippen LogP contribution < -0.4 is 11.5 Å². The number of hydrogen-bond donors (Lipinski definition) is 4. The number of hydrogen-bond acceptors (Lipinski definition) is 2. The Kier molecular flexibility index (Phi) is 12.2. The molecule has 0 fully saturated rings. The van der Waals surface area contributed by atoms with Gasteiger partial charge < -0.3 is 16.6 Å². The number of rotatable bonds is 0. The maximum Gasteiger partial charge on any atom is 0.183 e. The molecule has 0 aliphatic heterocycles. The van der Waals surface area contributed by atoms with E-state index in [1.54, 1.807) is 13.8 Å². The minimum Gasteiger partial charge on any atom is -0.394 e. The summed E-state index contributed by atoms with van der Waals surface area (Å²) in [5, 5.41) is 14.1. The highest BCUT2D eigenvalue weighted by Crippen LogP contribution is 1.79. The molecule has 0 bridgehead atoms. The Bertz CT molecular complexity index is 178. The van der Waals surface area contributed by atoms with Crippen LogP contribution in [-0.2, 0) is 0 Å². The van der Waals surface area contributed by atoms with Gasteiger partial charge in [0.1, 0.15) is 0 Å². The Labute approximate surface area is 85.1 Å². The van der Waals surface area contributed by atoms with Gasteiger partial charge in [0.15, 0.2) is 5.96 Å². The second kappa shape index (κ2) is 11.4. The minimum atomic E-state index is -0.333. The summed E-state index contributed by atoms with van der Waals surface area (Å²) in [5.74, 6) is -0.333. The molecule has 0 aromatic heterocycles. The second-order valence-corrected chi connectivity index (χ2v) is 2.70. The van der Waals surface area contributed by atoms with E-state index >= 15 is 0 Å². The first kappa shape index (κ1) is 14.9. The van der Waals surface area contributed by atoms with Crippen LogP contribution in [-0.4, -0.2) is 17.2 Å². The highest BCUT2D eigenvalue weighted by molar-refractivity contribution is 5.71. The Hall–Kier alpha value is -1.55. The third-order valence-corrected chi connectivity index (χ3v) is 0.667. The van der Waals surface area contributed by atoms with Crippen molar-refractivity contribution in [2.24, 2.45) is 11.5 Å². The lowest BCUT2D eigenvalue weighted by molar-refractivity contribution is 0.216. The molecule has 0 aliphatic rings. The van der Waals surface area contributed by atoms with Crippen LogP contribution in [0, 0.1) is 5.41 Å². The lowest BCUT2D eigenvalue weighted by Gasteiger charge is -1.80. The molecule has 14 heavy (non-hydrogen) atoms. The van der Waals surface area contributed by atoms with Gasteiger partial charge in [-0.25, -0.2) is 0 Å². The minimum absolute atomic E-state index is 0.167. The molecule has 6 N–H and O–H groups in total. The van der Waals surface area contributed by atoms with Crippen LogP contribution in [0.25, 0.3) is 0 Å². The first-order chi connectivity index (χ1) is 6.46. The van der Waals surface area contributed by atoms with Crippen LogP contribution in [0.15, 0.2) is 36.4 Å². The molecule has 0 heterocycles. The number of nitrogens with one attached hydrogen (secondary N) is 1. The van der Waals surface area contributed by atoms with Gasteiger partial charge in [-0.3, -0.25) is 5.41 Å². The number of guanidine groups is 1. The van der Waals surface area contributed by atoms with Crippen LogP contribution in [0.5, 0.6) is 0 Å². The zero-order valence-electron chi connectivity index (χ0n) is 8.64. The second-order valence-electron chi connectivity index (χ2n) is 2.70. The lowest BCUT2D eigenvalue weighted by atomic mass is 10.4. The van der Waals surface area contributed by atoms with Crippen LogP contribution in [0.2, 0.25) is 0 Å². The molecule has 0 unspecified atom stereocenters. The van der Waals surface area contributed by atoms with Crippen LogP contribution in [0.1, 0.15) is 13.8 Å². The Morgan fingerprint density at radius 2 is 1.07 bits per heavy atom. The highest BCUT2D eigenvalue weighted by atomic mass is 16.3. The largest absolute Gasteiger partial charge is 0.394 e. The molecule has 0 amide bonds. The van der Waals surface area contributed by atoms with Crippen molar-refractivity contribution >= 4 is 5.96 Å². The van der Waals surface area contributed by atoms with Crippen molar-refractivity contribution in [1.82, 2.24) is 0 Å². The van der Waals surface area contributed by atoms with Gasteiger partial charge in [0.25, 0.3) is 0 Å². The summed E-state index contributed by atoms with van der Waals surface area (Å²) in [6.45, 7) is 3.44. The lowest BCUT2D eigenvalue weighted by Crippen LogP contribution is -2.20. The Morgan fingerprint density at radius 1 is 1.00 bits per heavy atom. The number of nitrogens with two attached hydrogens (primary N) is 2. The number of aliphatic hydroxyl groups is 1. The van der Waals surface area contributed by atoms with Gasteiger partial charge in [-0.2, -0.15) is 0 Å². The zero-order chi connectivity index (χ0) is 11.4. The van der Waals surface area contributed by atoms with Crippen molar-refractivity contribution in [3.8, 4) is 0 Å². The summed E-state index contributed by atoms with van der Waals surface area (Å²) in [6.07, 6.45) is -0.167. The van der Waals surface area contributed by atoms with E-state index in [-0.39, 0.29) is 12.1 Å². The predicted molar refractivity (Wildman–Crippen MR) is 59.9 cm³/mol. The van der Waals surface area contributed by atoms with E-state index < -0.39 is 0 Å². The smallest absolute Gasteiger partial charge is 0.183 e. The molecule has 1 aromatic carbocycles. The van der Waals surface area contributed by atoms with Crippen molar-refractivity contribution in [3.05, 3.63) is 36.4 Å². The summed E-state index contributed by atoms with van der Waals surface area (Å²) in [7, 11) is 0. The monoisotopic (exact) mass is 197 g/mol. The van der Waals surface area contributed by atoms with Crippen molar-refractivity contribution in [3.63, 3.8) is 0 Å². The third-order valence-electron chi connectivity index (χ3n) is 0.667. The summed E-state index contributed by atoms with van der Waals surface area (Å²) in [5.41, 5.74) is 8.94. The average molecular weight is 197 g/mol. The molecular weight excluding hydrogens is 178 g/mol. The third kappa shape index (κ3) is 47.1. The molecule has 0 aliphatic carbocycles. The van der Waals surface area contributed by atoms with E-state index in [1.807, 2.05) is 36.4 Å². The molecular formula is C10H19N3O. The van der Waals surface area contributed by atoms with Gasteiger partial charge in [0, 0.05) is 6.10 Å². The van der Waals surface area contributed by atoms with Gasteiger partial charge in [-0.15, -0.1) is 0 Å². The molecule has 0 saturated heterocycles. The van der Waals surface area contributed by atoms with Crippen molar-refractivity contribution in [1.29, 1.82) is 5.41 Å². The molecule has 1 rings (SSSR count). The number of aliphatic hydroxyl groups excluding tert-OH is 1. The fourth-order valence-electron chi connectivity index (χ4n) is 0.385. The fraction of sp³-hybridized carbons (Fsp3) is 0.300. The summed E-state index contributed by atoms with van der Waals surface area (Å²) in [6, 6.07) is 12.0. The maximum atomic E-state index is 8.06. The van der Waals surface area contributed by atoms with E-state index in [2.05, 4.69) is 11.5 Å². The SMILES string of the molecule is CC(C)O.N=C(N)N.c1ccccc1. The quantitative estimate of drug-likeness (QED) is 0.367. The van der Waals surface area contributed by atoms with Gasteiger partial charge in [-0.05, 0) is 13.8 Å². The molecule has 1 aromatic rings. The van der Waals surface area contributed by atoms with Gasteiger partial charge >= 0.3 is 0 Å². The van der Waals surface area contributed by atoms with E-state index in [9.17, 15) is 0 Å². The highest BCUT2D eigenvalue weighted by Gasteiger charge is 1.69. The normalized spacial score (nSPS) is 7.71. The van der Waals surface area contributed by atoms with Crippen molar-refractivity contribution < 1.29 is 5.11 Å². The molecule has 0 spiro atoms. The Balaban J connectivity index is 0. The predicted octanol–water partition coefficient (Wildman–Crippen LogP) is 0.912. The Morgan fingerprint density at radius 3 is 1.14 bits per heavy atom. The molecule has 4 nitrogen and oxygen atoms in total. The summed E-state index contributed by atoms with van der Waals surface area (Å²) < 4.78 is 0. The van der Waals surface area contributed by atoms with Gasteiger partial charge in [0.05, 0.1) is 0 Å². The summed E-state index contributed by atoms with van der Waals surface area (Å²) in [4.78, 5) is 0. The van der Waals surface area contributed by atoms with Crippen LogP contribution >= 0.6 is 0 Å². The summed E-state index contributed by atoms with van der Waals surface area (Å²) >= 11 is 0. The van der Waals surface area contributed by atoms with E-state index in [0.29, 0.717) is 0 Å². The first-order valence-electron chi connectivity index (χ1n) is 4.24. The number of benzene rings is 1. The van der Waals surface area contributed by atoms with E-state index in [0.717, 1.165) is 0 Å². The molecule has 4 heteroatoms. The van der Waals surface area contributed by atoms with Crippen molar-refractivity contribution in [2.75, 3.05) is 0 Å².